The summed E-state index contributed by atoms with van der Waals surface area (Å²) in [4.78, 5) is 0. The highest BCUT2D eigenvalue weighted by Gasteiger charge is 2.23. The van der Waals surface area contributed by atoms with E-state index in [2.05, 4.69) is 5.92 Å². The van der Waals surface area contributed by atoms with E-state index in [0.717, 1.165) is 12.8 Å². The van der Waals surface area contributed by atoms with Crippen molar-refractivity contribution in [1.82, 2.24) is 0 Å². The minimum Gasteiger partial charge on any atom is -0.491 e. The Balaban J connectivity index is 1.80. The van der Waals surface area contributed by atoms with E-state index in [1.165, 1.54) is 12.1 Å². The number of terminal acetylenes is 1. The summed E-state index contributed by atoms with van der Waals surface area (Å²) in [7, 11) is 0. The van der Waals surface area contributed by atoms with Crippen LogP contribution in [0.4, 0.5) is 4.39 Å². The van der Waals surface area contributed by atoms with Gasteiger partial charge in [0.15, 0.2) is 0 Å². The zero-order chi connectivity index (χ0) is 11.4. The fourth-order valence-electron chi connectivity index (χ4n) is 1.67. The van der Waals surface area contributed by atoms with Crippen molar-refractivity contribution in [3.8, 4) is 18.1 Å². The summed E-state index contributed by atoms with van der Waals surface area (Å²) >= 11 is 0. The molecule has 3 heteroatoms. The molecule has 0 saturated carbocycles. The van der Waals surface area contributed by atoms with Gasteiger partial charge in [0.05, 0.1) is 6.10 Å². The first-order valence-corrected chi connectivity index (χ1v) is 5.28. The average Bonchev–Trinajstić information content (AvgIpc) is 2.76. The van der Waals surface area contributed by atoms with Crippen LogP contribution in [0.2, 0.25) is 0 Å². The Morgan fingerprint density at radius 2 is 2.12 bits per heavy atom. The molecule has 0 aliphatic carbocycles. The van der Waals surface area contributed by atoms with Crippen molar-refractivity contribution in [2.24, 2.45) is 0 Å². The van der Waals surface area contributed by atoms with Crippen LogP contribution in [0, 0.1) is 18.2 Å². The fourth-order valence-corrected chi connectivity index (χ4v) is 1.67. The number of halogens is 1. The average molecular weight is 220 g/mol. The predicted octanol–water partition coefficient (Wildman–Crippen LogP) is 2.39. The minimum atomic E-state index is -0.267. The second kappa shape index (κ2) is 5.00. The zero-order valence-electron chi connectivity index (χ0n) is 8.86. The minimum absolute atomic E-state index is 0.0473. The molecule has 0 spiro atoms. The molecule has 1 aliphatic rings. The van der Waals surface area contributed by atoms with E-state index in [0.29, 0.717) is 12.4 Å². The van der Waals surface area contributed by atoms with Crippen molar-refractivity contribution >= 4 is 0 Å². The summed E-state index contributed by atoms with van der Waals surface area (Å²) in [5.74, 6) is 2.95. The lowest BCUT2D eigenvalue weighted by Crippen LogP contribution is -2.18. The molecule has 1 aromatic carbocycles. The van der Waals surface area contributed by atoms with Crippen LogP contribution in [-0.4, -0.2) is 18.8 Å². The Kier molecular flexibility index (Phi) is 3.43. The Bertz CT molecular complexity index is 380. The molecule has 1 heterocycles. The normalized spacial score (nSPS) is 24.0. The van der Waals surface area contributed by atoms with Gasteiger partial charge in [-0.3, -0.25) is 0 Å². The summed E-state index contributed by atoms with van der Waals surface area (Å²) in [6, 6.07) is 5.94. The van der Waals surface area contributed by atoms with Gasteiger partial charge in [0, 0.05) is 0 Å². The third kappa shape index (κ3) is 2.74. The molecular formula is C13H13FO2. The molecule has 2 rings (SSSR count). The SMILES string of the molecule is C#C[C@@H]1CC[C@@H](COc2ccc(F)cc2)O1. The van der Waals surface area contributed by atoms with E-state index >= 15 is 0 Å². The van der Waals surface area contributed by atoms with Gasteiger partial charge in [0.25, 0.3) is 0 Å². The molecule has 0 aromatic heterocycles. The molecule has 0 N–H and O–H groups in total. The zero-order valence-corrected chi connectivity index (χ0v) is 8.86. The van der Waals surface area contributed by atoms with Crippen LogP contribution < -0.4 is 4.74 Å². The molecule has 1 aromatic rings. The molecule has 0 amide bonds. The lowest BCUT2D eigenvalue weighted by atomic mass is 10.2. The fraction of sp³-hybridized carbons (Fsp3) is 0.385. The van der Waals surface area contributed by atoms with Crippen LogP contribution in [0.1, 0.15) is 12.8 Å². The molecule has 0 bridgehead atoms. The van der Waals surface area contributed by atoms with E-state index in [-0.39, 0.29) is 18.0 Å². The van der Waals surface area contributed by atoms with E-state index in [4.69, 9.17) is 15.9 Å². The summed E-state index contributed by atoms with van der Waals surface area (Å²) < 4.78 is 23.6. The molecule has 1 fully saturated rings. The molecule has 0 radical (unpaired) electrons. The van der Waals surface area contributed by atoms with Gasteiger partial charge in [0.2, 0.25) is 0 Å². The second-order valence-electron chi connectivity index (χ2n) is 3.76. The summed E-state index contributed by atoms with van der Waals surface area (Å²) in [5.41, 5.74) is 0. The maximum atomic E-state index is 12.6. The van der Waals surface area contributed by atoms with Crippen LogP contribution >= 0.6 is 0 Å². The lowest BCUT2D eigenvalue weighted by Gasteiger charge is -2.12. The standard InChI is InChI=1S/C13H13FO2/c1-2-11-7-8-13(16-11)9-15-12-5-3-10(14)4-6-12/h1,3-6,11,13H,7-9H2/t11-,13+/m1/s1. The van der Waals surface area contributed by atoms with Crippen molar-refractivity contribution < 1.29 is 13.9 Å². The number of rotatable bonds is 3. The van der Waals surface area contributed by atoms with Crippen LogP contribution in [0.15, 0.2) is 24.3 Å². The third-order valence-corrected chi connectivity index (χ3v) is 2.54. The smallest absolute Gasteiger partial charge is 0.123 e. The highest BCUT2D eigenvalue weighted by atomic mass is 19.1. The first-order valence-electron chi connectivity index (χ1n) is 5.28. The van der Waals surface area contributed by atoms with Gasteiger partial charge in [-0.2, -0.15) is 0 Å². The van der Waals surface area contributed by atoms with Gasteiger partial charge in [-0.25, -0.2) is 4.39 Å². The van der Waals surface area contributed by atoms with Gasteiger partial charge < -0.3 is 9.47 Å². The molecule has 2 nitrogen and oxygen atoms in total. The second-order valence-corrected chi connectivity index (χ2v) is 3.76. The molecule has 2 atom stereocenters. The largest absolute Gasteiger partial charge is 0.491 e. The molecule has 1 aliphatic heterocycles. The number of ether oxygens (including phenoxy) is 2. The quantitative estimate of drug-likeness (QED) is 0.728. The first-order chi connectivity index (χ1) is 7.78. The number of benzene rings is 1. The van der Waals surface area contributed by atoms with Crippen LogP contribution in [0.3, 0.4) is 0 Å². The van der Waals surface area contributed by atoms with Crippen molar-refractivity contribution in [2.45, 2.75) is 25.0 Å². The van der Waals surface area contributed by atoms with Gasteiger partial charge in [-0.15, -0.1) is 6.42 Å². The monoisotopic (exact) mass is 220 g/mol. The van der Waals surface area contributed by atoms with Gasteiger partial charge >= 0.3 is 0 Å². The van der Waals surface area contributed by atoms with Crippen molar-refractivity contribution in [2.75, 3.05) is 6.61 Å². The third-order valence-electron chi connectivity index (χ3n) is 2.54. The maximum Gasteiger partial charge on any atom is 0.123 e. The Labute approximate surface area is 94.4 Å². The van der Waals surface area contributed by atoms with Gasteiger partial charge in [-0.05, 0) is 37.1 Å². The van der Waals surface area contributed by atoms with Crippen LogP contribution in [-0.2, 0) is 4.74 Å². The summed E-state index contributed by atoms with van der Waals surface area (Å²) in [5, 5.41) is 0. The van der Waals surface area contributed by atoms with Gasteiger partial charge in [0.1, 0.15) is 24.3 Å². The van der Waals surface area contributed by atoms with E-state index < -0.39 is 0 Å². The van der Waals surface area contributed by atoms with Crippen molar-refractivity contribution in [1.29, 1.82) is 0 Å². The molecule has 16 heavy (non-hydrogen) atoms. The molecule has 0 unspecified atom stereocenters. The summed E-state index contributed by atoms with van der Waals surface area (Å²) in [6.07, 6.45) is 7.02. The highest BCUT2D eigenvalue weighted by molar-refractivity contribution is 5.22. The van der Waals surface area contributed by atoms with Gasteiger partial charge in [-0.1, -0.05) is 5.92 Å². The lowest BCUT2D eigenvalue weighted by molar-refractivity contribution is 0.0420. The predicted molar refractivity (Wildman–Crippen MR) is 58.6 cm³/mol. The molecule has 1 saturated heterocycles. The van der Waals surface area contributed by atoms with Crippen LogP contribution in [0.25, 0.3) is 0 Å². The number of hydrogen-bond acceptors (Lipinski definition) is 2. The van der Waals surface area contributed by atoms with Crippen molar-refractivity contribution in [3.05, 3.63) is 30.1 Å². The highest BCUT2D eigenvalue weighted by Crippen LogP contribution is 2.20. The molecule has 84 valence electrons. The Morgan fingerprint density at radius 3 is 2.75 bits per heavy atom. The molecular weight excluding hydrogens is 207 g/mol. The first kappa shape index (κ1) is 11.0. The van der Waals surface area contributed by atoms with E-state index in [1.54, 1.807) is 12.1 Å². The topological polar surface area (TPSA) is 18.5 Å². The van der Waals surface area contributed by atoms with Crippen molar-refractivity contribution in [3.63, 3.8) is 0 Å². The Hall–Kier alpha value is -1.53. The number of hydrogen-bond donors (Lipinski definition) is 0. The maximum absolute atomic E-state index is 12.6. The van der Waals surface area contributed by atoms with Crippen LogP contribution in [0.5, 0.6) is 5.75 Å². The van der Waals surface area contributed by atoms with E-state index in [9.17, 15) is 4.39 Å². The van der Waals surface area contributed by atoms with E-state index in [1.807, 2.05) is 0 Å². The summed E-state index contributed by atoms with van der Waals surface area (Å²) in [6.45, 7) is 0.462. The Morgan fingerprint density at radius 1 is 1.38 bits per heavy atom.